The van der Waals surface area contributed by atoms with Crippen LogP contribution >= 0.6 is 15.9 Å². The molecule has 84 valence electrons. The number of aryl methyl sites for hydroxylation is 1. The van der Waals surface area contributed by atoms with Gasteiger partial charge in [-0.05, 0) is 28.1 Å². The lowest BCUT2D eigenvalue weighted by molar-refractivity contribution is 0.0819. The monoisotopic (exact) mass is 280 g/mol. The summed E-state index contributed by atoms with van der Waals surface area (Å²) in [5, 5.41) is 1.07. The fourth-order valence-electron chi connectivity index (χ4n) is 1.80. The average molecular weight is 281 g/mol. The summed E-state index contributed by atoms with van der Waals surface area (Å²) in [5.74, 6) is 0.0191. The Morgan fingerprint density at radius 1 is 1.38 bits per heavy atom. The molecule has 1 heterocycles. The Morgan fingerprint density at radius 2 is 2.06 bits per heavy atom. The van der Waals surface area contributed by atoms with E-state index >= 15 is 0 Å². The Balaban J connectivity index is 2.70. The maximum atomic E-state index is 11.9. The lowest BCUT2D eigenvalue weighted by atomic mass is 10.2. The number of carbonyl (C=O) groups excluding carboxylic acids is 1. The van der Waals surface area contributed by atoms with Gasteiger partial charge in [-0.25, -0.2) is 0 Å². The second-order valence-corrected chi connectivity index (χ2v) is 4.82. The molecule has 16 heavy (non-hydrogen) atoms. The van der Waals surface area contributed by atoms with Gasteiger partial charge in [-0.3, -0.25) is 4.79 Å². The quantitative estimate of drug-likeness (QED) is 0.789. The predicted octanol–water partition coefficient (Wildman–Crippen LogP) is 2.64. The molecule has 0 fully saturated rings. The largest absolute Gasteiger partial charge is 0.343 e. The molecule has 0 bridgehead atoms. The third-order valence-corrected chi connectivity index (χ3v) is 3.27. The highest BCUT2D eigenvalue weighted by Crippen LogP contribution is 2.26. The number of para-hydroxylation sites is 1. The van der Waals surface area contributed by atoms with Crippen LogP contribution in [0.3, 0.4) is 0 Å². The first-order chi connectivity index (χ1) is 7.52. The molecule has 0 atom stereocenters. The van der Waals surface area contributed by atoms with Gasteiger partial charge < -0.3 is 9.47 Å². The number of benzene rings is 1. The van der Waals surface area contributed by atoms with Crippen molar-refractivity contribution >= 4 is 32.7 Å². The third-order valence-electron chi connectivity index (χ3n) is 2.63. The minimum Gasteiger partial charge on any atom is -0.343 e. The summed E-state index contributed by atoms with van der Waals surface area (Å²) in [4.78, 5) is 13.5. The molecule has 0 aliphatic heterocycles. The van der Waals surface area contributed by atoms with E-state index < -0.39 is 0 Å². The Hall–Kier alpha value is -1.29. The van der Waals surface area contributed by atoms with Gasteiger partial charge in [-0.1, -0.05) is 12.1 Å². The first-order valence-corrected chi connectivity index (χ1v) is 5.77. The fourth-order valence-corrected chi connectivity index (χ4v) is 2.45. The first-order valence-electron chi connectivity index (χ1n) is 4.98. The minimum atomic E-state index is 0.0191. The van der Waals surface area contributed by atoms with Crippen molar-refractivity contribution in [2.45, 2.75) is 0 Å². The molecule has 1 aromatic heterocycles. The smallest absolute Gasteiger partial charge is 0.269 e. The lowest BCUT2D eigenvalue weighted by Crippen LogP contribution is -2.23. The molecular weight excluding hydrogens is 268 g/mol. The summed E-state index contributed by atoms with van der Waals surface area (Å²) in [5.41, 5.74) is 1.75. The summed E-state index contributed by atoms with van der Waals surface area (Å²) in [6.45, 7) is 0. The highest BCUT2D eigenvalue weighted by atomic mass is 79.9. The molecule has 1 aromatic carbocycles. The van der Waals surface area contributed by atoms with Gasteiger partial charge in [0.2, 0.25) is 0 Å². The van der Waals surface area contributed by atoms with Crippen LogP contribution in [0.4, 0.5) is 0 Å². The van der Waals surface area contributed by atoms with Crippen molar-refractivity contribution in [3.05, 3.63) is 34.4 Å². The molecule has 0 aliphatic rings. The number of halogens is 1. The van der Waals surface area contributed by atoms with E-state index in [-0.39, 0.29) is 5.91 Å². The molecule has 4 heteroatoms. The maximum Gasteiger partial charge on any atom is 0.269 e. The van der Waals surface area contributed by atoms with Gasteiger partial charge >= 0.3 is 0 Å². The van der Waals surface area contributed by atoms with E-state index in [0.29, 0.717) is 5.69 Å². The van der Waals surface area contributed by atoms with Crippen molar-refractivity contribution in [2.24, 2.45) is 7.05 Å². The predicted molar refractivity (Wildman–Crippen MR) is 68.6 cm³/mol. The van der Waals surface area contributed by atoms with Gasteiger partial charge in [0.15, 0.2) is 0 Å². The Morgan fingerprint density at radius 3 is 2.62 bits per heavy atom. The van der Waals surface area contributed by atoms with Crippen LogP contribution in [0.1, 0.15) is 10.5 Å². The van der Waals surface area contributed by atoms with Crippen molar-refractivity contribution in [3.8, 4) is 0 Å². The number of rotatable bonds is 1. The van der Waals surface area contributed by atoms with Gasteiger partial charge in [0.1, 0.15) is 5.69 Å². The van der Waals surface area contributed by atoms with E-state index in [1.807, 2.05) is 35.9 Å². The number of hydrogen-bond acceptors (Lipinski definition) is 1. The molecule has 0 N–H and O–H groups in total. The number of carbonyl (C=O) groups is 1. The Labute approximate surface area is 103 Å². The summed E-state index contributed by atoms with van der Waals surface area (Å²) >= 11 is 3.50. The van der Waals surface area contributed by atoms with Gasteiger partial charge in [-0.15, -0.1) is 0 Å². The first kappa shape index (κ1) is 11.2. The van der Waals surface area contributed by atoms with Crippen molar-refractivity contribution in [2.75, 3.05) is 14.1 Å². The van der Waals surface area contributed by atoms with Crippen LogP contribution in [0.2, 0.25) is 0 Å². The second kappa shape index (κ2) is 3.94. The van der Waals surface area contributed by atoms with Crippen LogP contribution in [0.25, 0.3) is 10.9 Å². The van der Waals surface area contributed by atoms with Gasteiger partial charge in [0.25, 0.3) is 5.91 Å². The van der Waals surface area contributed by atoms with E-state index in [1.54, 1.807) is 19.0 Å². The summed E-state index contributed by atoms with van der Waals surface area (Å²) in [7, 11) is 5.42. The van der Waals surface area contributed by atoms with Gasteiger partial charge in [0, 0.05) is 31.0 Å². The number of amides is 1. The molecule has 0 spiro atoms. The van der Waals surface area contributed by atoms with E-state index in [0.717, 1.165) is 15.4 Å². The molecule has 1 amide bonds. The van der Waals surface area contributed by atoms with Crippen LogP contribution in [0, 0.1) is 0 Å². The maximum absolute atomic E-state index is 11.9. The molecule has 0 aliphatic carbocycles. The molecule has 0 unspecified atom stereocenters. The zero-order valence-electron chi connectivity index (χ0n) is 9.49. The SMILES string of the molecule is CN(C)C(=O)c1cc2cccc(Br)c2n1C. The fraction of sp³-hybridized carbons (Fsp3) is 0.250. The summed E-state index contributed by atoms with van der Waals surface area (Å²) < 4.78 is 2.92. The number of hydrogen-bond donors (Lipinski definition) is 0. The average Bonchev–Trinajstić information content (AvgIpc) is 2.56. The van der Waals surface area contributed by atoms with Crippen LogP contribution in [-0.2, 0) is 7.05 Å². The zero-order valence-corrected chi connectivity index (χ0v) is 11.1. The molecule has 2 rings (SSSR count). The number of aromatic nitrogens is 1. The molecule has 0 radical (unpaired) electrons. The molecule has 2 aromatic rings. The number of nitrogens with zero attached hydrogens (tertiary/aromatic N) is 2. The topological polar surface area (TPSA) is 25.2 Å². The highest BCUT2D eigenvalue weighted by Gasteiger charge is 2.15. The lowest BCUT2D eigenvalue weighted by Gasteiger charge is -2.11. The third kappa shape index (κ3) is 1.63. The van der Waals surface area contributed by atoms with E-state index in [1.165, 1.54) is 0 Å². The zero-order chi connectivity index (χ0) is 11.9. The normalized spacial score (nSPS) is 10.8. The van der Waals surface area contributed by atoms with Gasteiger partial charge in [-0.2, -0.15) is 0 Å². The molecule has 0 saturated heterocycles. The minimum absolute atomic E-state index is 0.0191. The van der Waals surface area contributed by atoms with Crippen LogP contribution < -0.4 is 0 Å². The van der Waals surface area contributed by atoms with Crippen LogP contribution in [0.5, 0.6) is 0 Å². The molecular formula is C12H13BrN2O. The van der Waals surface area contributed by atoms with Crippen molar-refractivity contribution in [3.63, 3.8) is 0 Å². The highest BCUT2D eigenvalue weighted by molar-refractivity contribution is 9.10. The van der Waals surface area contributed by atoms with Crippen molar-refractivity contribution in [1.29, 1.82) is 0 Å². The number of fused-ring (bicyclic) bond motifs is 1. The Bertz CT molecular complexity index is 557. The van der Waals surface area contributed by atoms with Crippen molar-refractivity contribution in [1.82, 2.24) is 9.47 Å². The molecule has 3 nitrogen and oxygen atoms in total. The Kier molecular flexibility index (Phi) is 2.76. The van der Waals surface area contributed by atoms with Gasteiger partial charge in [0.05, 0.1) is 5.52 Å². The van der Waals surface area contributed by atoms with E-state index in [9.17, 15) is 4.79 Å². The second-order valence-electron chi connectivity index (χ2n) is 3.97. The molecule has 0 saturated carbocycles. The van der Waals surface area contributed by atoms with Crippen LogP contribution in [0.15, 0.2) is 28.7 Å². The summed E-state index contributed by atoms with van der Waals surface area (Å²) in [6.07, 6.45) is 0. The van der Waals surface area contributed by atoms with E-state index in [2.05, 4.69) is 15.9 Å². The standard InChI is InChI=1S/C12H13BrN2O/c1-14(2)12(16)10-7-8-5-4-6-9(13)11(8)15(10)3/h4-7H,1-3H3. The summed E-state index contributed by atoms with van der Waals surface area (Å²) in [6, 6.07) is 7.87. The van der Waals surface area contributed by atoms with E-state index in [4.69, 9.17) is 0 Å². The van der Waals surface area contributed by atoms with Crippen LogP contribution in [-0.4, -0.2) is 29.5 Å². The van der Waals surface area contributed by atoms with Crippen molar-refractivity contribution < 1.29 is 4.79 Å².